The maximum absolute atomic E-state index is 12.9. The quantitative estimate of drug-likeness (QED) is 0.721. The standard InChI is InChI=1S/C22H20N2O2/c25-21-15-19(23-14-13-16-7-2-1-3-8-16)22(26)24(21)20-12-6-10-17-9-4-5-11-18(17)20/h1-12,19,23H,13-15H2/p+1/t19-/m1/s1. The van der Waals surface area contributed by atoms with E-state index in [-0.39, 0.29) is 24.3 Å². The Balaban J connectivity index is 1.50. The molecular weight excluding hydrogens is 324 g/mol. The van der Waals surface area contributed by atoms with E-state index in [1.165, 1.54) is 10.5 Å². The first-order chi connectivity index (χ1) is 12.7. The molecule has 4 heteroatoms. The Hall–Kier alpha value is -2.98. The van der Waals surface area contributed by atoms with E-state index in [0.29, 0.717) is 5.69 Å². The average molecular weight is 345 g/mol. The molecule has 1 heterocycles. The number of nitrogens with two attached hydrogens (primary N) is 1. The number of hydrogen-bond donors (Lipinski definition) is 1. The van der Waals surface area contributed by atoms with Crippen molar-refractivity contribution in [1.82, 2.24) is 0 Å². The molecule has 0 spiro atoms. The zero-order valence-corrected chi connectivity index (χ0v) is 14.5. The summed E-state index contributed by atoms with van der Waals surface area (Å²) in [4.78, 5) is 26.8. The number of rotatable bonds is 5. The largest absolute Gasteiger partial charge is 0.335 e. The molecule has 2 N–H and O–H groups in total. The van der Waals surface area contributed by atoms with E-state index in [4.69, 9.17) is 0 Å². The minimum absolute atomic E-state index is 0.112. The van der Waals surface area contributed by atoms with Crippen LogP contribution in [0, 0.1) is 0 Å². The minimum atomic E-state index is -0.329. The van der Waals surface area contributed by atoms with E-state index in [1.807, 2.05) is 66.0 Å². The lowest BCUT2D eigenvalue weighted by molar-refractivity contribution is -0.674. The molecule has 1 aliphatic heterocycles. The molecule has 4 rings (SSSR count). The van der Waals surface area contributed by atoms with Gasteiger partial charge in [-0.25, -0.2) is 4.90 Å². The molecule has 0 saturated carbocycles. The lowest BCUT2D eigenvalue weighted by Gasteiger charge is -2.16. The summed E-state index contributed by atoms with van der Waals surface area (Å²) in [6, 6.07) is 23.4. The molecule has 3 aromatic rings. The van der Waals surface area contributed by atoms with Crippen LogP contribution in [0.15, 0.2) is 72.8 Å². The van der Waals surface area contributed by atoms with Gasteiger partial charge in [-0.1, -0.05) is 66.7 Å². The third kappa shape index (κ3) is 3.11. The molecule has 4 nitrogen and oxygen atoms in total. The van der Waals surface area contributed by atoms with Crippen molar-refractivity contribution in [2.24, 2.45) is 0 Å². The van der Waals surface area contributed by atoms with Gasteiger partial charge in [0.05, 0.1) is 18.7 Å². The Morgan fingerprint density at radius 1 is 0.885 bits per heavy atom. The van der Waals surface area contributed by atoms with E-state index < -0.39 is 0 Å². The van der Waals surface area contributed by atoms with Crippen molar-refractivity contribution in [3.8, 4) is 0 Å². The number of anilines is 1. The first-order valence-electron chi connectivity index (χ1n) is 8.96. The van der Waals surface area contributed by atoms with E-state index in [9.17, 15) is 9.59 Å². The summed E-state index contributed by atoms with van der Waals surface area (Å²) in [5.74, 6) is -0.230. The van der Waals surface area contributed by atoms with Crippen LogP contribution in [0.2, 0.25) is 0 Å². The number of nitrogens with zero attached hydrogens (tertiary/aromatic N) is 1. The van der Waals surface area contributed by atoms with Crippen molar-refractivity contribution < 1.29 is 14.9 Å². The van der Waals surface area contributed by atoms with Gasteiger partial charge in [-0.3, -0.25) is 9.59 Å². The molecule has 1 saturated heterocycles. The Labute approximate surface area is 152 Å². The van der Waals surface area contributed by atoms with Gasteiger partial charge in [-0.15, -0.1) is 0 Å². The molecule has 130 valence electrons. The number of quaternary nitrogens is 1. The fraction of sp³-hybridized carbons (Fsp3) is 0.182. The van der Waals surface area contributed by atoms with Gasteiger partial charge in [0.15, 0.2) is 6.04 Å². The van der Waals surface area contributed by atoms with Crippen molar-refractivity contribution in [1.29, 1.82) is 0 Å². The van der Waals surface area contributed by atoms with E-state index >= 15 is 0 Å². The lowest BCUT2D eigenvalue weighted by atomic mass is 10.1. The van der Waals surface area contributed by atoms with Crippen LogP contribution in [0.4, 0.5) is 5.69 Å². The molecule has 26 heavy (non-hydrogen) atoms. The fourth-order valence-electron chi connectivity index (χ4n) is 3.59. The van der Waals surface area contributed by atoms with E-state index in [2.05, 4.69) is 12.1 Å². The van der Waals surface area contributed by atoms with Gasteiger partial charge in [0.1, 0.15) is 0 Å². The molecule has 0 aliphatic carbocycles. The maximum atomic E-state index is 12.9. The van der Waals surface area contributed by atoms with E-state index in [0.717, 1.165) is 23.7 Å². The summed E-state index contributed by atoms with van der Waals surface area (Å²) in [5.41, 5.74) is 1.93. The first-order valence-corrected chi connectivity index (χ1v) is 8.96. The number of carbonyl (C=O) groups excluding carboxylic acids is 2. The van der Waals surface area contributed by atoms with Crippen LogP contribution in [0.5, 0.6) is 0 Å². The zero-order chi connectivity index (χ0) is 17.9. The predicted octanol–water partition coefficient (Wildman–Crippen LogP) is 2.28. The molecule has 0 radical (unpaired) electrons. The van der Waals surface area contributed by atoms with Crippen molar-refractivity contribution in [2.45, 2.75) is 18.9 Å². The molecule has 1 aliphatic rings. The summed E-state index contributed by atoms with van der Waals surface area (Å²) in [6.45, 7) is 0.789. The molecule has 0 bridgehead atoms. The lowest BCUT2D eigenvalue weighted by Crippen LogP contribution is -2.92. The number of fused-ring (bicyclic) bond motifs is 1. The summed E-state index contributed by atoms with van der Waals surface area (Å²) in [6.07, 6.45) is 1.14. The Morgan fingerprint density at radius 2 is 1.62 bits per heavy atom. The smallest absolute Gasteiger partial charge is 0.292 e. The number of hydrogen-bond acceptors (Lipinski definition) is 2. The van der Waals surface area contributed by atoms with Crippen LogP contribution >= 0.6 is 0 Å². The Kier molecular flexibility index (Phi) is 4.50. The minimum Gasteiger partial charge on any atom is -0.335 e. The van der Waals surface area contributed by atoms with Crippen LogP contribution < -0.4 is 10.2 Å². The van der Waals surface area contributed by atoms with Gasteiger partial charge in [-0.2, -0.15) is 0 Å². The van der Waals surface area contributed by atoms with Gasteiger partial charge >= 0.3 is 0 Å². The zero-order valence-electron chi connectivity index (χ0n) is 14.5. The molecule has 3 aromatic carbocycles. The second kappa shape index (κ2) is 7.10. The summed E-state index contributed by atoms with van der Waals surface area (Å²) in [7, 11) is 0. The number of amides is 2. The average Bonchev–Trinajstić information content (AvgIpc) is 2.96. The third-order valence-electron chi connectivity index (χ3n) is 4.92. The Bertz CT molecular complexity index is 947. The highest BCUT2D eigenvalue weighted by molar-refractivity contribution is 6.24. The van der Waals surface area contributed by atoms with Crippen molar-refractivity contribution >= 4 is 28.3 Å². The molecular formula is C22H21N2O2+. The molecule has 1 fully saturated rings. The van der Waals surface area contributed by atoms with E-state index in [1.54, 1.807) is 0 Å². The SMILES string of the molecule is O=C1C[C@@H]([NH2+]CCc2ccccc2)C(=O)N1c1cccc2ccccc12. The number of imide groups is 1. The van der Waals surface area contributed by atoms with Gasteiger partial charge in [0.25, 0.3) is 5.91 Å². The fourth-order valence-corrected chi connectivity index (χ4v) is 3.59. The van der Waals surface area contributed by atoms with Crippen LogP contribution in [0.25, 0.3) is 10.8 Å². The van der Waals surface area contributed by atoms with Gasteiger partial charge in [0, 0.05) is 11.8 Å². The highest BCUT2D eigenvalue weighted by atomic mass is 16.2. The molecule has 0 unspecified atom stereocenters. The monoisotopic (exact) mass is 345 g/mol. The summed E-state index contributed by atoms with van der Waals surface area (Å²) >= 11 is 0. The first kappa shape index (κ1) is 16.5. The second-order valence-electron chi connectivity index (χ2n) is 6.64. The second-order valence-corrected chi connectivity index (χ2v) is 6.64. The topological polar surface area (TPSA) is 54.0 Å². The third-order valence-corrected chi connectivity index (χ3v) is 4.92. The summed E-state index contributed by atoms with van der Waals surface area (Å²) in [5, 5.41) is 3.96. The normalized spacial score (nSPS) is 17.2. The Morgan fingerprint density at radius 3 is 2.46 bits per heavy atom. The molecule has 0 aromatic heterocycles. The number of carbonyl (C=O) groups is 2. The van der Waals surface area contributed by atoms with Gasteiger partial charge in [-0.05, 0) is 17.0 Å². The van der Waals surface area contributed by atoms with Crippen LogP contribution in [-0.2, 0) is 16.0 Å². The van der Waals surface area contributed by atoms with Gasteiger partial charge in [0.2, 0.25) is 5.91 Å². The number of benzene rings is 3. The van der Waals surface area contributed by atoms with Gasteiger partial charge < -0.3 is 5.32 Å². The van der Waals surface area contributed by atoms with Crippen molar-refractivity contribution in [2.75, 3.05) is 11.4 Å². The van der Waals surface area contributed by atoms with Crippen LogP contribution in [-0.4, -0.2) is 24.4 Å². The van der Waals surface area contributed by atoms with Crippen molar-refractivity contribution in [3.63, 3.8) is 0 Å². The summed E-state index contributed by atoms with van der Waals surface area (Å²) < 4.78 is 0. The predicted molar refractivity (Wildman–Crippen MR) is 102 cm³/mol. The molecule has 2 amide bonds. The maximum Gasteiger partial charge on any atom is 0.292 e. The van der Waals surface area contributed by atoms with Crippen LogP contribution in [0.3, 0.4) is 0 Å². The molecule has 1 atom stereocenters. The highest BCUT2D eigenvalue weighted by Crippen LogP contribution is 2.30. The van der Waals surface area contributed by atoms with Crippen molar-refractivity contribution in [3.05, 3.63) is 78.4 Å². The highest BCUT2D eigenvalue weighted by Gasteiger charge is 2.42. The van der Waals surface area contributed by atoms with Crippen LogP contribution in [0.1, 0.15) is 12.0 Å².